The third kappa shape index (κ3) is 2.57. The third-order valence-electron chi connectivity index (χ3n) is 3.06. The summed E-state index contributed by atoms with van der Waals surface area (Å²) in [6, 6.07) is 10.9. The zero-order chi connectivity index (χ0) is 13.2. The van der Waals surface area contributed by atoms with Crippen molar-refractivity contribution in [2.75, 3.05) is 0 Å². The SMILES string of the molecule is O=Cc1ccc(-c2cccc(C(=O)NC3CC3)c2)o1. The van der Waals surface area contributed by atoms with E-state index in [1.807, 2.05) is 6.07 Å². The van der Waals surface area contributed by atoms with Crippen molar-refractivity contribution >= 4 is 12.2 Å². The minimum atomic E-state index is -0.0634. The van der Waals surface area contributed by atoms with E-state index in [2.05, 4.69) is 5.32 Å². The van der Waals surface area contributed by atoms with Crippen molar-refractivity contribution in [1.29, 1.82) is 0 Å². The molecule has 0 bridgehead atoms. The van der Waals surface area contributed by atoms with Gasteiger partial charge in [0.05, 0.1) is 0 Å². The summed E-state index contributed by atoms with van der Waals surface area (Å²) in [5.74, 6) is 0.803. The molecule has 96 valence electrons. The standard InChI is InChI=1S/C15H13NO3/c17-9-13-6-7-14(19-13)10-2-1-3-11(8-10)15(18)16-12-4-5-12/h1-3,6-9,12H,4-5H2,(H,16,18). The lowest BCUT2D eigenvalue weighted by Gasteiger charge is -2.04. The second-order valence-corrected chi connectivity index (χ2v) is 4.65. The highest BCUT2D eigenvalue weighted by atomic mass is 16.3. The van der Waals surface area contributed by atoms with Crippen molar-refractivity contribution in [1.82, 2.24) is 5.32 Å². The highest BCUT2D eigenvalue weighted by molar-refractivity contribution is 5.95. The lowest BCUT2D eigenvalue weighted by molar-refractivity contribution is 0.0950. The maximum Gasteiger partial charge on any atom is 0.251 e. The van der Waals surface area contributed by atoms with Crippen molar-refractivity contribution in [3.05, 3.63) is 47.7 Å². The molecular weight excluding hydrogens is 242 g/mol. The summed E-state index contributed by atoms with van der Waals surface area (Å²) in [5.41, 5.74) is 1.39. The summed E-state index contributed by atoms with van der Waals surface area (Å²) >= 11 is 0. The lowest BCUT2D eigenvalue weighted by atomic mass is 10.1. The Morgan fingerprint density at radius 3 is 2.79 bits per heavy atom. The van der Waals surface area contributed by atoms with Gasteiger partial charge < -0.3 is 9.73 Å². The Kier molecular flexibility index (Phi) is 2.91. The fraction of sp³-hybridized carbons (Fsp3) is 0.200. The molecule has 19 heavy (non-hydrogen) atoms. The smallest absolute Gasteiger partial charge is 0.251 e. The number of hydrogen-bond donors (Lipinski definition) is 1. The van der Waals surface area contributed by atoms with Crippen molar-refractivity contribution in [3.8, 4) is 11.3 Å². The number of benzene rings is 1. The highest BCUT2D eigenvalue weighted by Crippen LogP contribution is 2.23. The van der Waals surface area contributed by atoms with Gasteiger partial charge in [-0.25, -0.2) is 0 Å². The highest BCUT2D eigenvalue weighted by Gasteiger charge is 2.23. The van der Waals surface area contributed by atoms with E-state index in [9.17, 15) is 9.59 Å². The molecule has 1 heterocycles. The topological polar surface area (TPSA) is 59.3 Å². The summed E-state index contributed by atoms with van der Waals surface area (Å²) in [6.45, 7) is 0. The van der Waals surface area contributed by atoms with Gasteiger partial charge in [-0.05, 0) is 37.1 Å². The number of hydrogen-bond acceptors (Lipinski definition) is 3. The van der Waals surface area contributed by atoms with Crippen LogP contribution in [0.2, 0.25) is 0 Å². The molecule has 1 fully saturated rings. The second kappa shape index (κ2) is 4.72. The Labute approximate surface area is 110 Å². The zero-order valence-electron chi connectivity index (χ0n) is 10.3. The van der Waals surface area contributed by atoms with E-state index < -0.39 is 0 Å². The Hall–Kier alpha value is -2.36. The molecule has 0 saturated heterocycles. The van der Waals surface area contributed by atoms with Crippen LogP contribution in [0, 0.1) is 0 Å². The van der Waals surface area contributed by atoms with Crippen LogP contribution < -0.4 is 5.32 Å². The fourth-order valence-electron chi connectivity index (χ4n) is 1.88. The summed E-state index contributed by atoms with van der Waals surface area (Å²) in [4.78, 5) is 22.5. The molecule has 0 atom stereocenters. The number of amides is 1. The molecule has 4 heteroatoms. The third-order valence-corrected chi connectivity index (χ3v) is 3.06. The molecule has 2 aromatic rings. The maximum absolute atomic E-state index is 11.9. The van der Waals surface area contributed by atoms with Gasteiger partial charge in [-0.2, -0.15) is 0 Å². The molecule has 0 radical (unpaired) electrons. The summed E-state index contributed by atoms with van der Waals surface area (Å²) in [7, 11) is 0. The molecule has 1 aliphatic carbocycles. The van der Waals surface area contributed by atoms with Crippen LogP contribution in [-0.4, -0.2) is 18.2 Å². The molecule has 3 rings (SSSR count). The van der Waals surface area contributed by atoms with Crippen LogP contribution in [0.1, 0.15) is 33.8 Å². The molecule has 0 spiro atoms. The van der Waals surface area contributed by atoms with Gasteiger partial charge in [-0.15, -0.1) is 0 Å². The van der Waals surface area contributed by atoms with Gasteiger partial charge in [0, 0.05) is 17.2 Å². The number of carbonyl (C=O) groups excluding carboxylic acids is 2. The van der Waals surface area contributed by atoms with E-state index in [1.54, 1.807) is 30.3 Å². The predicted octanol–water partition coefficient (Wildman–Crippen LogP) is 2.65. The molecule has 0 aliphatic heterocycles. The molecule has 1 aliphatic rings. The van der Waals surface area contributed by atoms with Gasteiger partial charge in [0.1, 0.15) is 5.76 Å². The minimum Gasteiger partial charge on any atom is -0.453 e. The molecule has 1 amide bonds. The van der Waals surface area contributed by atoms with Gasteiger partial charge in [0.2, 0.25) is 0 Å². The average molecular weight is 255 g/mol. The van der Waals surface area contributed by atoms with Gasteiger partial charge in [0.25, 0.3) is 5.91 Å². The summed E-state index contributed by atoms with van der Waals surface area (Å²) in [6.07, 6.45) is 2.78. The van der Waals surface area contributed by atoms with E-state index >= 15 is 0 Å². The Balaban J connectivity index is 1.85. The molecule has 1 aromatic carbocycles. The van der Waals surface area contributed by atoms with E-state index in [4.69, 9.17) is 4.42 Å². The van der Waals surface area contributed by atoms with Crippen molar-refractivity contribution in [2.45, 2.75) is 18.9 Å². The van der Waals surface area contributed by atoms with Crippen LogP contribution in [-0.2, 0) is 0 Å². The van der Waals surface area contributed by atoms with E-state index in [1.165, 1.54) is 0 Å². The van der Waals surface area contributed by atoms with Crippen LogP contribution >= 0.6 is 0 Å². The van der Waals surface area contributed by atoms with Crippen LogP contribution in [0.5, 0.6) is 0 Å². The molecular formula is C15H13NO3. The Morgan fingerprint density at radius 1 is 1.26 bits per heavy atom. The largest absolute Gasteiger partial charge is 0.453 e. The quantitative estimate of drug-likeness (QED) is 0.854. The first kappa shape index (κ1) is 11.7. The summed E-state index contributed by atoms with van der Waals surface area (Å²) in [5, 5.41) is 2.94. The Bertz CT molecular complexity index is 626. The fourth-order valence-corrected chi connectivity index (χ4v) is 1.88. The number of carbonyl (C=O) groups is 2. The number of aldehydes is 1. The molecule has 1 aromatic heterocycles. The van der Waals surface area contributed by atoms with E-state index in [0.717, 1.165) is 18.4 Å². The number of furan rings is 1. The maximum atomic E-state index is 11.9. The van der Waals surface area contributed by atoms with Gasteiger partial charge in [-0.1, -0.05) is 12.1 Å². The first-order valence-electron chi connectivity index (χ1n) is 6.22. The number of nitrogens with one attached hydrogen (secondary N) is 1. The van der Waals surface area contributed by atoms with Crippen LogP contribution in [0.4, 0.5) is 0 Å². The normalized spacial score (nSPS) is 14.1. The summed E-state index contributed by atoms with van der Waals surface area (Å²) < 4.78 is 5.35. The van der Waals surface area contributed by atoms with Gasteiger partial charge in [-0.3, -0.25) is 9.59 Å². The minimum absolute atomic E-state index is 0.0634. The first-order valence-corrected chi connectivity index (χ1v) is 6.22. The zero-order valence-corrected chi connectivity index (χ0v) is 10.3. The van der Waals surface area contributed by atoms with Crippen LogP contribution in [0.3, 0.4) is 0 Å². The average Bonchev–Trinajstić information content (AvgIpc) is 3.12. The van der Waals surface area contributed by atoms with Crippen LogP contribution in [0.25, 0.3) is 11.3 Å². The molecule has 1 saturated carbocycles. The second-order valence-electron chi connectivity index (χ2n) is 4.65. The number of rotatable bonds is 4. The molecule has 4 nitrogen and oxygen atoms in total. The van der Waals surface area contributed by atoms with Gasteiger partial charge >= 0.3 is 0 Å². The predicted molar refractivity (Wildman–Crippen MR) is 70.0 cm³/mol. The monoisotopic (exact) mass is 255 g/mol. The first-order chi connectivity index (χ1) is 9.26. The molecule has 0 unspecified atom stereocenters. The van der Waals surface area contributed by atoms with Crippen LogP contribution in [0.15, 0.2) is 40.8 Å². The van der Waals surface area contributed by atoms with Gasteiger partial charge in [0.15, 0.2) is 12.0 Å². The van der Waals surface area contributed by atoms with Crippen molar-refractivity contribution < 1.29 is 14.0 Å². The lowest BCUT2D eigenvalue weighted by Crippen LogP contribution is -2.25. The Morgan fingerprint density at radius 2 is 2.11 bits per heavy atom. The van der Waals surface area contributed by atoms with E-state index in [0.29, 0.717) is 23.7 Å². The molecule has 1 N–H and O–H groups in total. The van der Waals surface area contributed by atoms with Crippen molar-refractivity contribution in [2.24, 2.45) is 0 Å². The van der Waals surface area contributed by atoms with E-state index in [-0.39, 0.29) is 11.7 Å². The van der Waals surface area contributed by atoms with Crippen molar-refractivity contribution in [3.63, 3.8) is 0 Å².